The Morgan fingerprint density at radius 1 is 1.60 bits per heavy atom. The summed E-state index contributed by atoms with van der Waals surface area (Å²) in [6, 6.07) is 3.73. The Labute approximate surface area is 124 Å². The SMILES string of the molecule is COCCNC(=O)CN(C)Cc1cccnc1C(N)=S. The maximum Gasteiger partial charge on any atom is 0.234 e. The van der Waals surface area contributed by atoms with E-state index in [-0.39, 0.29) is 17.4 Å². The van der Waals surface area contributed by atoms with Crippen LogP contribution in [0, 0.1) is 0 Å². The predicted molar refractivity (Wildman–Crippen MR) is 81.3 cm³/mol. The van der Waals surface area contributed by atoms with Gasteiger partial charge in [-0.1, -0.05) is 18.3 Å². The van der Waals surface area contributed by atoms with Crippen molar-refractivity contribution in [3.63, 3.8) is 0 Å². The van der Waals surface area contributed by atoms with E-state index in [1.165, 1.54) is 0 Å². The highest BCUT2D eigenvalue weighted by atomic mass is 32.1. The van der Waals surface area contributed by atoms with E-state index in [1.54, 1.807) is 13.3 Å². The molecule has 0 spiro atoms. The predicted octanol–water partition coefficient (Wildman–Crippen LogP) is -0.0898. The Bertz CT molecular complexity index is 467. The van der Waals surface area contributed by atoms with Gasteiger partial charge in [0, 0.05) is 26.4 Å². The Hall–Kier alpha value is -1.57. The fourth-order valence-corrected chi connectivity index (χ4v) is 1.91. The molecule has 0 aromatic carbocycles. The van der Waals surface area contributed by atoms with Crippen molar-refractivity contribution >= 4 is 23.1 Å². The smallest absolute Gasteiger partial charge is 0.234 e. The van der Waals surface area contributed by atoms with E-state index in [4.69, 9.17) is 22.7 Å². The zero-order valence-corrected chi connectivity index (χ0v) is 12.6. The first-order chi connectivity index (χ1) is 9.54. The molecule has 0 fully saturated rings. The number of nitrogens with one attached hydrogen (secondary N) is 1. The van der Waals surface area contributed by atoms with Crippen LogP contribution in [0.2, 0.25) is 0 Å². The van der Waals surface area contributed by atoms with Crippen LogP contribution in [-0.2, 0) is 16.1 Å². The van der Waals surface area contributed by atoms with Crippen LogP contribution in [0.25, 0.3) is 0 Å². The number of rotatable bonds is 8. The third-order valence-electron chi connectivity index (χ3n) is 2.61. The molecule has 0 saturated heterocycles. The average Bonchev–Trinajstić information content (AvgIpc) is 2.39. The quantitative estimate of drug-likeness (QED) is 0.515. The fraction of sp³-hybridized carbons (Fsp3) is 0.462. The van der Waals surface area contributed by atoms with Crippen LogP contribution in [-0.4, -0.2) is 54.6 Å². The second-order valence-electron chi connectivity index (χ2n) is 4.39. The largest absolute Gasteiger partial charge is 0.388 e. The number of ether oxygens (including phenoxy) is 1. The highest BCUT2D eigenvalue weighted by Crippen LogP contribution is 2.08. The lowest BCUT2D eigenvalue weighted by Crippen LogP contribution is -2.36. The van der Waals surface area contributed by atoms with E-state index in [2.05, 4.69) is 10.3 Å². The van der Waals surface area contributed by atoms with Gasteiger partial charge in [-0.2, -0.15) is 0 Å². The molecule has 0 unspecified atom stereocenters. The summed E-state index contributed by atoms with van der Waals surface area (Å²) in [4.78, 5) is 18.0. The molecule has 3 N–H and O–H groups in total. The van der Waals surface area contributed by atoms with Crippen molar-refractivity contribution in [2.45, 2.75) is 6.54 Å². The van der Waals surface area contributed by atoms with Gasteiger partial charge in [-0.25, -0.2) is 0 Å². The summed E-state index contributed by atoms with van der Waals surface area (Å²) in [5, 5.41) is 2.77. The number of methoxy groups -OCH3 is 1. The Kier molecular flexibility index (Phi) is 7.06. The van der Waals surface area contributed by atoms with Crippen LogP contribution in [0.3, 0.4) is 0 Å². The lowest BCUT2D eigenvalue weighted by molar-refractivity contribution is -0.122. The zero-order chi connectivity index (χ0) is 15.0. The Morgan fingerprint density at radius 3 is 3.00 bits per heavy atom. The number of pyridine rings is 1. The first kappa shape index (κ1) is 16.5. The summed E-state index contributed by atoms with van der Waals surface area (Å²) in [6.07, 6.45) is 1.65. The number of thiocarbonyl (C=S) groups is 1. The standard InChI is InChI=1S/C13H20N4O2S/c1-17(9-11(18)15-6-7-19-2)8-10-4-3-5-16-12(10)13(14)20/h3-5H,6-9H2,1-2H3,(H2,14,20)(H,15,18). The molecule has 0 saturated carbocycles. The normalized spacial score (nSPS) is 10.6. The second kappa shape index (κ2) is 8.57. The van der Waals surface area contributed by atoms with E-state index in [1.807, 2.05) is 24.1 Å². The molecule has 1 rings (SSSR count). The van der Waals surface area contributed by atoms with Gasteiger partial charge in [-0.05, 0) is 18.7 Å². The summed E-state index contributed by atoms with van der Waals surface area (Å²) in [5.41, 5.74) is 7.14. The van der Waals surface area contributed by atoms with Crippen molar-refractivity contribution in [1.82, 2.24) is 15.2 Å². The number of carbonyl (C=O) groups excluding carboxylic acids is 1. The molecule has 1 amide bonds. The van der Waals surface area contributed by atoms with Crippen molar-refractivity contribution in [1.29, 1.82) is 0 Å². The van der Waals surface area contributed by atoms with E-state index in [9.17, 15) is 4.79 Å². The first-order valence-corrected chi connectivity index (χ1v) is 6.63. The molecule has 20 heavy (non-hydrogen) atoms. The summed E-state index contributed by atoms with van der Waals surface area (Å²) in [6.45, 7) is 1.85. The third-order valence-corrected chi connectivity index (χ3v) is 2.80. The Balaban J connectivity index is 2.52. The number of hydrogen-bond donors (Lipinski definition) is 2. The number of nitrogens with zero attached hydrogens (tertiary/aromatic N) is 2. The summed E-state index contributed by atoms with van der Waals surface area (Å²) < 4.78 is 4.87. The molecular weight excluding hydrogens is 276 g/mol. The van der Waals surface area contributed by atoms with Crippen LogP contribution in [0.5, 0.6) is 0 Å². The molecule has 1 heterocycles. The average molecular weight is 296 g/mol. The number of amides is 1. The van der Waals surface area contributed by atoms with Crippen LogP contribution < -0.4 is 11.1 Å². The monoisotopic (exact) mass is 296 g/mol. The fourth-order valence-electron chi connectivity index (χ4n) is 1.73. The summed E-state index contributed by atoms with van der Waals surface area (Å²) in [7, 11) is 3.45. The number of nitrogens with two attached hydrogens (primary N) is 1. The van der Waals surface area contributed by atoms with Gasteiger partial charge in [0.05, 0.1) is 13.2 Å². The topological polar surface area (TPSA) is 80.5 Å². The van der Waals surface area contributed by atoms with Crippen LogP contribution in [0.4, 0.5) is 0 Å². The molecule has 0 radical (unpaired) electrons. The number of carbonyl (C=O) groups is 1. The van der Waals surface area contributed by atoms with E-state index < -0.39 is 0 Å². The summed E-state index contributed by atoms with van der Waals surface area (Å²) in [5.74, 6) is -0.0506. The van der Waals surface area contributed by atoms with E-state index in [0.29, 0.717) is 25.4 Å². The Morgan fingerprint density at radius 2 is 2.35 bits per heavy atom. The van der Waals surface area contributed by atoms with Crippen molar-refractivity contribution in [3.05, 3.63) is 29.6 Å². The minimum absolute atomic E-state index is 0.0506. The molecule has 6 nitrogen and oxygen atoms in total. The van der Waals surface area contributed by atoms with Crippen LogP contribution >= 0.6 is 12.2 Å². The molecule has 0 aliphatic carbocycles. The van der Waals surface area contributed by atoms with Gasteiger partial charge in [0.25, 0.3) is 0 Å². The van der Waals surface area contributed by atoms with E-state index in [0.717, 1.165) is 5.56 Å². The van der Waals surface area contributed by atoms with Gasteiger partial charge in [0.1, 0.15) is 10.7 Å². The van der Waals surface area contributed by atoms with Gasteiger partial charge in [0.2, 0.25) is 5.91 Å². The van der Waals surface area contributed by atoms with Gasteiger partial charge >= 0.3 is 0 Å². The summed E-state index contributed by atoms with van der Waals surface area (Å²) >= 11 is 4.96. The lowest BCUT2D eigenvalue weighted by atomic mass is 10.2. The van der Waals surface area contributed by atoms with Crippen molar-refractivity contribution in [2.24, 2.45) is 5.73 Å². The van der Waals surface area contributed by atoms with Crippen molar-refractivity contribution in [3.8, 4) is 0 Å². The molecule has 0 atom stereocenters. The van der Waals surface area contributed by atoms with Gasteiger partial charge < -0.3 is 15.8 Å². The molecule has 0 aliphatic rings. The van der Waals surface area contributed by atoms with E-state index >= 15 is 0 Å². The molecule has 1 aromatic heterocycles. The number of likely N-dealkylation sites (N-methyl/N-ethyl adjacent to an activating group) is 1. The molecular formula is C13H20N4O2S. The highest BCUT2D eigenvalue weighted by Gasteiger charge is 2.11. The minimum atomic E-state index is -0.0506. The molecule has 0 aliphatic heterocycles. The minimum Gasteiger partial charge on any atom is -0.388 e. The molecule has 0 bridgehead atoms. The second-order valence-corrected chi connectivity index (χ2v) is 4.83. The van der Waals surface area contributed by atoms with Crippen molar-refractivity contribution in [2.75, 3.05) is 33.9 Å². The number of hydrogen-bond acceptors (Lipinski definition) is 5. The van der Waals surface area contributed by atoms with Gasteiger partial charge in [-0.15, -0.1) is 0 Å². The lowest BCUT2D eigenvalue weighted by Gasteiger charge is -2.17. The highest BCUT2D eigenvalue weighted by molar-refractivity contribution is 7.80. The molecule has 7 heteroatoms. The van der Waals surface area contributed by atoms with Gasteiger partial charge in [-0.3, -0.25) is 14.7 Å². The number of aromatic nitrogens is 1. The molecule has 1 aromatic rings. The van der Waals surface area contributed by atoms with Gasteiger partial charge in [0.15, 0.2) is 0 Å². The van der Waals surface area contributed by atoms with Crippen LogP contribution in [0.15, 0.2) is 18.3 Å². The zero-order valence-electron chi connectivity index (χ0n) is 11.8. The van der Waals surface area contributed by atoms with Crippen LogP contribution in [0.1, 0.15) is 11.3 Å². The molecule has 110 valence electrons. The maximum absolute atomic E-state index is 11.7. The van der Waals surface area contributed by atoms with Crippen molar-refractivity contribution < 1.29 is 9.53 Å². The maximum atomic E-state index is 11.7. The third kappa shape index (κ3) is 5.60. The first-order valence-electron chi connectivity index (χ1n) is 6.22.